The minimum absolute atomic E-state index is 0.240. The third kappa shape index (κ3) is 19.6. The van der Waals surface area contributed by atoms with Crippen molar-refractivity contribution in [2.24, 2.45) is 0 Å². The topological polar surface area (TPSA) is 40.5 Å². The summed E-state index contributed by atoms with van der Waals surface area (Å²) < 4.78 is -0.750. The molecule has 2 nitrogen and oxygen atoms in total. The molecular weight excluding hydrogens is 270 g/mol. The van der Waals surface area contributed by atoms with Gasteiger partial charge >= 0.3 is 0 Å². The van der Waals surface area contributed by atoms with E-state index in [0.717, 1.165) is 6.42 Å². The average Bonchev–Trinajstić information content (AvgIpc) is 2.20. The monoisotopic (exact) mass is 286 g/mol. The van der Waals surface area contributed by atoms with Crippen LogP contribution in [0.4, 0.5) is 0 Å². The van der Waals surface area contributed by atoms with Crippen molar-refractivity contribution in [2.75, 3.05) is 13.2 Å². The van der Waals surface area contributed by atoms with Gasteiger partial charge in [0.2, 0.25) is 0 Å². The molecule has 0 atom stereocenters. The van der Waals surface area contributed by atoms with E-state index in [4.69, 9.17) is 45.0 Å². The first-order chi connectivity index (χ1) is 7.58. The zero-order valence-electron chi connectivity index (χ0n) is 9.11. The lowest BCUT2D eigenvalue weighted by molar-refractivity contribution is 0.299. The van der Waals surface area contributed by atoms with Crippen LogP contribution in [0.25, 0.3) is 0 Å². The molecule has 0 aliphatic rings. The third-order valence-electron chi connectivity index (χ3n) is 1.24. The summed E-state index contributed by atoms with van der Waals surface area (Å²) in [6.45, 7) is 2.17. The van der Waals surface area contributed by atoms with Gasteiger partial charge in [-0.3, -0.25) is 0 Å². The van der Waals surface area contributed by atoms with Crippen LogP contribution in [0.3, 0.4) is 0 Å². The number of hydrogen-bond acceptors (Lipinski definition) is 2. The van der Waals surface area contributed by atoms with Crippen molar-refractivity contribution in [3.63, 3.8) is 0 Å². The standard InChI is InChI=1S/C8H10O.C2H6O.CHCl3/c9-7-6-8-4-2-1-3-5-8;1-2-3;2-1(3)4/h1-5,9H,6-7H2;3H,2H2,1H3;1H. The zero-order chi connectivity index (χ0) is 12.8. The predicted molar refractivity (Wildman–Crippen MR) is 71.3 cm³/mol. The second kappa shape index (κ2) is 15.0. The van der Waals surface area contributed by atoms with Gasteiger partial charge in [0, 0.05) is 13.2 Å². The highest BCUT2D eigenvalue weighted by Gasteiger charge is 1.85. The van der Waals surface area contributed by atoms with Crippen molar-refractivity contribution in [3.05, 3.63) is 35.9 Å². The maximum Gasteiger partial charge on any atom is 0.180 e. The molecule has 0 bridgehead atoms. The lowest BCUT2D eigenvalue weighted by Gasteiger charge is -1.93. The predicted octanol–water partition coefficient (Wildman–Crippen LogP) is 3.21. The summed E-state index contributed by atoms with van der Waals surface area (Å²) >= 11 is 14.4. The molecule has 16 heavy (non-hydrogen) atoms. The minimum atomic E-state index is -0.750. The van der Waals surface area contributed by atoms with E-state index in [1.807, 2.05) is 30.3 Å². The van der Waals surface area contributed by atoms with Crippen molar-refractivity contribution in [1.29, 1.82) is 0 Å². The highest BCUT2D eigenvalue weighted by atomic mass is 35.6. The van der Waals surface area contributed by atoms with Crippen molar-refractivity contribution in [2.45, 2.75) is 17.6 Å². The second-order valence-electron chi connectivity index (χ2n) is 2.52. The van der Waals surface area contributed by atoms with Crippen LogP contribution >= 0.6 is 34.8 Å². The van der Waals surface area contributed by atoms with E-state index in [-0.39, 0.29) is 13.2 Å². The van der Waals surface area contributed by atoms with E-state index in [1.165, 1.54) is 5.56 Å². The van der Waals surface area contributed by atoms with Crippen LogP contribution in [0.2, 0.25) is 0 Å². The molecule has 0 amide bonds. The number of benzene rings is 1. The van der Waals surface area contributed by atoms with E-state index in [9.17, 15) is 0 Å². The quantitative estimate of drug-likeness (QED) is 0.820. The van der Waals surface area contributed by atoms with E-state index < -0.39 is 4.30 Å². The van der Waals surface area contributed by atoms with E-state index in [0.29, 0.717) is 0 Å². The highest BCUT2D eigenvalue weighted by molar-refractivity contribution is 6.63. The molecule has 0 aromatic heterocycles. The Kier molecular flexibility index (Phi) is 17.2. The van der Waals surface area contributed by atoms with Crippen LogP contribution in [-0.2, 0) is 6.42 Å². The first-order valence-corrected chi connectivity index (χ1v) is 6.07. The maximum atomic E-state index is 8.52. The van der Waals surface area contributed by atoms with Crippen LogP contribution in [0.5, 0.6) is 0 Å². The van der Waals surface area contributed by atoms with Crippen LogP contribution < -0.4 is 0 Å². The van der Waals surface area contributed by atoms with Gasteiger partial charge in [-0.2, -0.15) is 0 Å². The van der Waals surface area contributed by atoms with Gasteiger partial charge < -0.3 is 10.2 Å². The fourth-order valence-electron chi connectivity index (χ4n) is 0.774. The van der Waals surface area contributed by atoms with Crippen LogP contribution in [0.1, 0.15) is 12.5 Å². The number of aliphatic hydroxyl groups is 2. The molecule has 0 unspecified atom stereocenters. The van der Waals surface area contributed by atoms with Gasteiger partial charge in [-0.05, 0) is 18.9 Å². The number of alkyl halides is 3. The van der Waals surface area contributed by atoms with Gasteiger partial charge in [0.05, 0.1) is 0 Å². The summed E-state index contributed by atoms with van der Waals surface area (Å²) in [4.78, 5) is 0. The molecule has 0 aliphatic heterocycles. The summed E-state index contributed by atoms with van der Waals surface area (Å²) in [5.74, 6) is 0. The smallest absolute Gasteiger partial charge is 0.180 e. The normalized spacial score (nSPS) is 8.69. The second-order valence-corrected chi connectivity index (χ2v) is 4.50. The number of aliphatic hydroxyl groups excluding tert-OH is 2. The van der Waals surface area contributed by atoms with Crippen LogP contribution in [0.15, 0.2) is 30.3 Å². The van der Waals surface area contributed by atoms with Gasteiger partial charge in [-0.1, -0.05) is 65.1 Å². The Bertz CT molecular complexity index is 215. The minimum Gasteiger partial charge on any atom is -0.397 e. The first kappa shape index (κ1) is 18.4. The van der Waals surface area contributed by atoms with Crippen LogP contribution in [0, 0.1) is 0 Å². The molecule has 5 heteroatoms. The van der Waals surface area contributed by atoms with E-state index in [1.54, 1.807) is 6.92 Å². The summed E-state index contributed by atoms with van der Waals surface area (Å²) in [5, 5.41) is 16.1. The largest absolute Gasteiger partial charge is 0.397 e. The summed E-state index contributed by atoms with van der Waals surface area (Å²) in [6, 6.07) is 9.95. The molecule has 2 N–H and O–H groups in total. The zero-order valence-corrected chi connectivity index (χ0v) is 11.4. The molecule has 0 radical (unpaired) electrons. The van der Waals surface area contributed by atoms with Crippen molar-refractivity contribution >= 4 is 34.8 Å². The molecule has 0 aliphatic carbocycles. The van der Waals surface area contributed by atoms with Gasteiger partial charge in [-0.15, -0.1) is 0 Å². The molecule has 0 saturated carbocycles. The molecule has 0 spiro atoms. The summed E-state index contributed by atoms with van der Waals surface area (Å²) in [7, 11) is 0. The highest BCUT2D eigenvalue weighted by Crippen LogP contribution is 2.03. The number of halogens is 3. The Morgan fingerprint density at radius 1 is 1.06 bits per heavy atom. The van der Waals surface area contributed by atoms with Crippen molar-refractivity contribution in [3.8, 4) is 0 Å². The van der Waals surface area contributed by atoms with E-state index in [2.05, 4.69) is 0 Å². The Labute approximate surface area is 112 Å². The molecule has 0 heterocycles. The van der Waals surface area contributed by atoms with Crippen molar-refractivity contribution < 1.29 is 10.2 Å². The number of rotatable bonds is 2. The van der Waals surface area contributed by atoms with Gasteiger partial charge in [0.25, 0.3) is 0 Å². The molecular formula is C11H17Cl3O2. The molecule has 1 aromatic rings. The van der Waals surface area contributed by atoms with Crippen LogP contribution in [-0.4, -0.2) is 27.7 Å². The Hall–Kier alpha value is 0.01000. The third-order valence-corrected chi connectivity index (χ3v) is 1.24. The summed E-state index contributed by atoms with van der Waals surface area (Å²) in [5.41, 5.74) is 1.19. The lowest BCUT2D eigenvalue weighted by Crippen LogP contribution is -1.88. The summed E-state index contributed by atoms with van der Waals surface area (Å²) in [6.07, 6.45) is 0.765. The fraction of sp³-hybridized carbons (Fsp3) is 0.455. The Morgan fingerprint density at radius 2 is 1.44 bits per heavy atom. The van der Waals surface area contributed by atoms with Crippen molar-refractivity contribution in [1.82, 2.24) is 0 Å². The Balaban J connectivity index is 0. The average molecular weight is 288 g/mol. The maximum absolute atomic E-state index is 8.52. The van der Waals surface area contributed by atoms with E-state index >= 15 is 0 Å². The first-order valence-electron chi connectivity index (χ1n) is 4.76. The van der Waals surface area contributed by atoms with Gasteiger partial charge in [0.1, 0.15) is 0 Å². The number of hydrogen-bond donors (Lipinski definition) is 2. The molecule has 1 rings (SSSR count). The van der Waals surface area contributed by atoms with Gasteiger partial charge in [-0.25, -0.2) is 0 Å². The SMILES string of the molecule is CCO.ClC(Cl)Cl.OCCc1ccccc1. The Morgan fingerprint density at radius 3 is 1.75 bits per heavy atom. The molecule has 0 fully saturated rings. The molecule has 94 valence electrons. The molecule has 0 saturated heterocycles. The molecule has 1 aromatic carbocycles. The van der Waals surface area contributed by atoms with Gasteiger partial charge in [0.15, 0.2) is 4.30 Å². The lowest BCUT2D eigenvalue weighted by atomic mass is 10.2. The fourth-order valence-corrected chi connectivity index (χ4v) is 0.774.